The van der Waals surface area contributed by atoms with Crippen LogP contribution in [0.3, 0.4) is 0 Å². The number of carbonyl (C=O) groups excluding carboxylic acids is 1. The number of rotatable bonds is 2. The Kier molecular flexibility index (Phi) is 4.18. The number of alkyl halides is 3. The molecule has 0 saturated heterocycles. The molecule has 98 valence electrons. The minimum atomic E-state index is -5.75. The summed E-state index contributed by atoms with van der Waals surface area (Å²) in [6.07, 6.45) is 3.41. The molecule has 0 bridgehead atoms. The maximum Gasteiger partial charge on any atom is 0.534 e. The van der Waals surface area contributed by atoms with Crippen LogP contribution in [0.1, 0.15) is 32.1 Å². The van der Waals surface area contributed by atoms with Gasteiger partial charge in [-0.15, -0.1) is 0 Å². The van der Waals surface area contributed by atoms with Crippen LogP contribution in [-0.4, -0.2) is 19.7 Å². The molecule has 1 rings (SSSR count). The van der Waals surface area contributed by atoms with Crippen LogP contribution in [0.25, 0.3) is 0 Å². The minimum absolute atomic E-state index is 0.000783. The van der Waals surface area contributed by atoms with Gasteiger partial charge in [-0.25, -0.2) is 0 Å². The van der Waals surface area contributed by atoms with Gasteiger partial charge in [-0.1, -0.05) is 6.42 Å². The number of halogens is 3. The van der Waals surface area contributed by atoms with E-state index in [2.05, 4.69) is 4.18 Å². The fraction of sp³-hybridized carbons (Fsp3) is 0.667. The molecule has 0 saturated carbocycles. The number of allylic oxidation sites excluding steroid dienone is 2. The number of carbonyl (C=O) groups is 1. The third-order valence-corrected chi connectivity index (χ3v) is 3.16. The van der Waals surface area contributed by atoms with Crippen molar-refractivity contribution in [2.75, 3.05) is 0 Å². The molecule has 0 aromatic rings. The smallest absolute Gasteiger partial charge is 0.373 e. The van der Waals surface area contributed by atoms with Gasteiger partial charge < -0.3 is 4.18 Å². The van der Waals surface area contributed by atoms with E-state index in [4.69, 9.17) is 0 Å². The van der Waals surface area contributed by atoms with E-state index in [1.807, 2.05) is 0 Å². The SMILES string of the molecule is O=C1CCCCCC=C1OS(=O)(=O)C(F)(F)F. The summed E-state index contributed by atoms with van der Waals surface area (Å²) in [5.74, 6) is -1.43. The first-order valence-corrected chi connectivity index (χ1v) is 6.39. The van der Waals surface area contributed by atoms with E-state index in [9.17, 15) is 26.4 Å². The first kappa shape index (κ1) is 14.0. The van der Waals surface area contributed by atoms with Crippen LogP contribution < -0.4 is 0 Å². The number of hydrogen-bond acceptors (Lipinski definition) is 4. The lowest BCUT2D eigenvalue weighted by Crippen LogP contribution is -2.27. The summed E-state index contributed by atoms with van der Waals surface area (Å²) in [6, 6.07) is 0. The van der Waals surface area contributed by atoms with Gasteiger partial charge in [0, 0.05) is 6.42 Å². The molecule has 1 aliphatic rings. The Labute approximate surface area is 96.6 Å². The number of hydrogen-bond donors (Lipinski definition) is 0. The van der Waals surface area contributed by atoms with Gasteiger partial charge in [0.05, 0.1) is 0 Å². The second-order valence-electron chi connectivity index (χ2n) is 3.57. The third kappa shape index (κ3) is 3.72. The molecule has 8 heteroatoms. The Morgan fingerprint density at radius 2 is 1.82 bits per heavy atom. The predicted octanol–water partition coefficient (Wildman–Crippen LogP) is 2.27. The maximum atomic E-state index is 12.0. The van der Waals surface area contributed by atoms with E-state index in [-0.39, 0.29) is 6.42 Å². The van der Waals surface area contributed by atoms with Crippen LogP contribution in [0.5, 0.6) is 0 Å². The van der Waals surface area contributed by atoms with E-state index < -0.39 is 27.2 Å². The van der Waals surface area contributed by atoms with Crippen molar-refractivity contribution in [1.82, 2.24) is 0 Å². The van der Waals surface area contributed by atoms with Crippen LogP contribution in [0.15, 0.2) is 11.8 Å². The van der Waals surface area contributed by atoms with Crippen molar-refractivity contribution in [2.24, 2.45) is 0 Å². The summed E-state index contributed by atoms with van der Waals surface area (Å²) in [4.78, 5) is 11.3. The molecular weight excluding hydrogens is 261 g/mol. The molecule has 0 atom stereocenters. The van der Waals surface area contributed by atoms with Crippen LogP contribution in [0.2, 0.25) is 0 Å². The van der Waals surface area contributed by atoms with E-state index in [0.717, 1.165) is 12.5 Å². The fourth-order valence-corrected chi connectivity index (χ4v) is 1.81. The minimum Gasteiger partial charge on any atom is -0.373 e. The molecule has 0 aromatic heterocycles. The van der Waals surface area contributed by atoms with Crippen molar-refractivity contribution in [3.8, 4) is 0 Å². The first-order chi connectivity index (χ1) is 7.74. The Balaban J connectivity index is 2.89. The average molecular weight is 272 g/mol. The lowest BCUT2D eigenvalue weighted by atomic mass is 10.0. The number of ketones is 1. The average Bonchev–Trinajstić information content (AvgIpc) is 2.16. The maximum absolute atomic E-state index is 12.0. The standard InChI is InChI=1S/C9H11F3O4S/c10-9(11,12)17(14,15)16-8-6-4-2-1-3-5-7(8)13/h6H,1-5H2. The molecule has 0 heterocycles. The van der Waals surface area contributed by atoms with Gasteiger partial charge >= 0.3 is 15.6 Å². The molecule has 0 radical (unpaired) electrons. The van der Waals surface area contributed by atoms with Crippen LogP contribution >= 0.6 is 0 Å². The van der Waals surface area contributed by atoms with Crippen LogP contribution in [0, 0.1) is 0 Å². The van der Waals surface area contributed by atoms with Gasteiger partial charge in [-0.2, -0.15) is 21.6 Å². The zero-order chi connectivity index (χ0) is 13.1. The van der Waals surface area contributed by atoms with Gasteiger partial charge in [0.1, 0.15) is 0 Å². The Hall–Kier alpha value is -1.05. The highest BCUT2D eigenvalue weighted by Crippen LogP contribution is 2.28. The zero-order valence-corrected chi connectivity index (χ0v) is 9.60. The Bertz CT molecular complexity index is 422. The highest BCUT2D eigenvalue weighted by atomic mass is 32.2. The molecule has 4 nitrogen and oxygen atoms in total. The second-order valence-corrected chi connectivity index (χ2v) is 5.11. The second kappa shape index (κ2) is 5.07. The van der Waals surface area contributed by atoms with Crippen molar-refractivity contribution in [1.29, 1.82) is 0 Å². The van der Waals surface area contributed by atoms with E-state index in [0.29, 0.717) is 19.3 Å². The molecule has 0 aliphatic heterocycles. The van der Waals surface area contributed by atoms with Crippen molar-refractivity contribution < 1.29 is 30.6 Å². The third-order valence-electron chi connectivity index (χ3n) is 2.20. The van der Waals surface area contributed by atoms with Crippen LogP contribution in [0.4, 0.5) is 13.2 Å². The van der Waals surface area contributed by atoms with Crippen molar-refractivity contribution in [3.05, 3.63) is 11.8 Å². The van der Waals surface area contributed by atoms with Crippen molar-refractivity contribution in [3.63, 3.8) is 0 Å². The van der Waals surface area contributed by atoms with Gasteiger partial charge in [-0.05, 0) is 25.3 Å². The number of Topliss-reactive ketones (excluding diaryl/α,β-unsaturated/α-hetero) is 1. The summed E-state index contributed by atoms with van der Waals surface area (Å²) in [6.45, 7) is 0. The molecule has 0 N–H and O–H groups in total. The quantitative estimate of drug-likeness (QED) is 0.571. The molecule has 0 aromatic carbocycles. The molecule has 0 fully saturated rings. The summed E-state index contributed by atoms with van der Waals surface area (Å²) in [5.41, 5.74) is -5.52. The monoisotopic (exact) mass is 272 g/mol. The normalized spacial score (nSPS) is 19.2. The summed E-state index contributed by atoms with van der Waals surface area (Å²) >= 11 is 0. The van der Waals surface area contributed by atoms with E-state index in [1.165, 1.54) is 0 Å². The molecular formula is C9H11F3O4S. The van der Waals surface area contributed by atoms with Gasteiger partial charge in [0.2, 0.25) is 0 Å². The lowest BCUT2D eigenvalue weighted by molar-refractivity contribution is -0.118. The summed E-state index contributed by atoms with van der Waals surface area (Å²) in [7, 11) is -5.75. The summed E-state index contributed by atoms with van der Waals surface area (Å²) < 4.78 is 61.4. The first-order valence-electron chi connectivity index (χ1n) is 4.98. The van der Waals surface area contributed by atoms with E-state index >= 15 is 0 Å². The Morgan fingerprint density at radius 1 is 1.18 bits per heavy atom. The van der Waals surface area contributed by atoms with Gasteiger partial charge in [-0.3, -0.25) is 4.79 Å². The largest absolute Gasteiger partial charge is 0.534 e. The van der Waals surface area contributed by atoms with Crippen molar-refractivity contribution >= 4 is 15.9 Å². The summed E-state index contributed by atoms with van der Waals surface area (Å²) in [5, 5.41) is 0. The molecule has 17 heavy (non-hydrogen) atoms. The lowest BCUT2D eigenvalue weighted by Gasteiger charge is -2.13. The van der Waals surface area contributed by atoms with Gasteiger partial charge in [0.25, 0.3) is 0 Å². The molecule has 1 aliphatic carbocycles. The molecule has 0 amide bonds. The fourth-order valence-electron chi connectivity index (χ4n) is 1.32. The molecule has 0 spiro atoms. The highest BCUT2D eigenvalue weighted by Gasteiger charge is 2.49. The zero-order valence-electron chi connectivity index (χ0n) is 8.79. The van der Waals surface area contributed by atoms with E-state index in [1.54, 1.807) is 0 Å². The van der Waals surface area contributed by atoms with Gasteiger partial charge in [0.15, 0.2) is 11.5 Å². The predicted molar refractivity (Wildman–Crippen MR) is 52.2 cm³/mol. The van der Waals surface area contributed by atoms with Crippen LogP contribution in [-0.2, 0) is 19.1 Å². The Morgan fingerprint density at radius 3 is 2.41 bits per heavy atom. The van der Waals surface area contributed by atoms with Crippen molar-refractivity contribution in [2.45, 2.75) is 37.6 Å². The topological polar surface area (TPSA) is 60.4 Å². The molecule has 0 unspecified atom stereocenters. The highest BCUT2D eigenvalue weighted by molar-refractivity contribution is 7.87.